The smallest absolute Gasteiger partial charge is 0.160 e. The molecule has 0 radical (unpaired) electrons. The van der Waals surface area contributed by atoms with Gasteiger partial charge in [-0.05, 0) is 168 Å². The standard InChI is InChI=1S/C91H56N6/c1-3-22-76-87-54(2)61-27-12-18-38-82(61)96(87)84-40-20-17-37-75(84)90(76)73-36-16-11-31-65(73)69-49-59(42-45-74(69)90)89-92-81-53-58(41-44-68(81)86(93-89)56-24-5-4-6-25-56)57-43-48-85-77(51-57)91(71-34-14-9-29-63(71)64-30-10-15-35-72(64)91)78-52-60(50-70-67-32-13-19-39-83(67)97(85)88(70)78)79-46-47-80(95-94-79)66-33-21-26-55-23-7-8-28-62(55)66/h3-53H,2H2,1H3/b22-3-. The van der Waals surface area contributed by atoms with E-state index in [1.807, 2.05) is 0 Å². The zero-order valence-corrected chi connectivity index (χ0v) is 52.8. The minimum absolute atomic E-state index is 0.639. The van der Waals surface area contributed by atoms with Crippen LogP contribution in [-0.2, 0) is 10.8 Å². The monoisotopic (exact) mass is 1230 g/mol. The lowest BCUT2D eigenvalue weighted by atomic mass is 9.64. The first kappa shape index (κ1) is 53.8. The van der Waals surface area contributed by atoms with E-state index in [-0.39, 0.29) is 0 Å². The third kappa shape index (κ3) is 7.12. The molecule has 6 heterocycles. The molecule has 4 aromatic heterocycles. The molecule has 17 aromatic rings. The Morgan fingerprint density at radius 3 is 1.70 bits per heavy atom. The molecule has 0 N–H and O–H groups in total. The molecule has 0 saturated heterocycles. The van der Waals surface area contributed by atoms with Crippen molar-refractivity contribution in [3.05, 3.63) is 359 Å². The molecule has 1 unspecified atom stereocenters. The van der Waals surface area contributed by atoms with Crippen molar-refractivity contribution in [3.63, 3.8) is 0 Å². The summed E-state index contributed by atoms with van der Waals surface area (Å²) in [6.07, 6.45) is 4.53. The second-order valence-electron chi connectivity index (χ2n) is 26.3. The number of nitrogens with zero attached hydrogens (tertiary/aromatic N) is 6. The van der Waals surface area contributed by atoms with E-state index in [1.54, 1.807) is 0 Å². The average molecular weight is 1230 g/mol. The molecule has 2 aliphatic heterocycles. The Hall–Kier alpha value is -12.6. The quantitative estimate of drug-likeness (QED) is 0.166. The van der Waals surface area contributed by atoms with Crippen LogP contribution in [0.4, 0.5) is 0 Å². The van der Waals surface area contributed by atoms with Crippen molar-refractivity contribution < 1.29 is 0 Å². The predicted molar refractivity (Wildman–Crippen MR) is 397 cm³/mol. The van der Waals surface area contributed by atoms with Gasteiger partial charge in [0.25, 0.3) is 0 Å². The van der Waals surface area contributed by atoms with E-state index in [2.05, 4.69) is 325 Å². The summed E-state index contributed by atoms with van der Waals surface area (Å²) in [4.78, 5) is 11.3. The molecular formula is C91H56N6. The summed E-state index contributed by atoms with van der Waals surface area (Å²) in [6, 6.07) is 109. The van der Waals surface area contributed by atoms with Crippen molar-refractivity contribution in [1.82, 2.24) is 29.3 Å². The largest absolute Gasteiger partial charge is 0.309 e. The number of allylic oxidation sites excluding steroid dienone is 2. The molecule has 13 aromatic carbocycles. The summed E-state index contributed by atoms with van der Waals surface area (Å²) in [5.41, 5.74) is 28.8. The molecule has 2 spiro atoms. The highest BCUT2D eigenvalue weighted by molar-refractivity contribution is 6.14. The minimum Gasteiger partial charge on any atom is -0.309 e. The third-order valence-electron chi connectivity index (χ3n) is 21.7. The Balaban J connectivity index is 0.766. The Kier molecular flexibility index (Phi) is 11.1. The Labute approximate surface area is 559 Å². The molecule has 0 amide bonds. The fourth-order valence-corrected chi connectivity index (χ4v) is 17.8. The van der Waals surface area contributed by atoms with E-state index in [1.165, 1.54) is 88.4 Å². The summed E-state index contributed by atoms with van der Waals surface area (Å²) >= 11 is 0. The van der Waals surface area contributed by atoms with Gasteiger partial charge in [0, 0.05) is 49.0 Å². The maximum Gasteiger partial charge on any atom is 0.160 e. The number of hydrogen-bond donors (Lipinski definition) is 0. The highest BCUT2D eigenvalue weighted by atomic mass is 15.1. The van der Waals surface area contributed by atoms with Crippen LogP contribution in [0.2, 0.25) is 0 Å². The van der Waals surface area contributed by atoms with Gasteiger partial charge in [0.05, 0.1) is 66.7 Å². The molecule has 0 saturated carbocycles. The normalized spacial score (nSPS) is 15.0. The highest BCUT2D eigenvalue weighted by Gasteiger charge is 2.53. The molecule has 2 aliphatic carbocycles. The highest BCUT2D eigenvalue weighted by Crippen LogP contribution is 2.63. The first-order chi connectivity index (χ1) is 48.0. The van der Waals surface area contributed by atoms with Crippen LogP contribution in [0, 0.1) is 0 Å². The summed E-state index contributed by atoms with van der Waals surface area (Å²) in [6.45, 7) is 6.97. The summed E-state index contributed by atoms with van der Waals surface area (Å²) < 4.78 is 4.97. The molecule has 1 atom stereocenters. The van der Waals surface area contributed by atoms with Crippen molar-refractivity contribution in [2.45, 2.75) is 17.8 Å². The predicted octanol–water partition coefficient (Wildman–Crippen LogP) is 20.1. The molecule has 6 heteroatoms. The molecule has 0 fully saturated rings. The number of hydrogen-bond acceptors (Lipinski definition) is 4. The van der Waals surface area contributed by atoms with Gasteiger partial charge in [-0.3, -0.25) is 0 Å². The molecule has 0 bridgehead atoms. The Morgan fingerprint density at radius 1 is 0.351 bits per heavy atom. The number of rotatable bonds is 6. The second kappa shape index (κ2) is 19.9. The van der Waals surface area contributed by atoms with Crippen LogP contribution < -0.4 is 10.6 Å². The number of aromatic nitrogens is 6. The summed E-state index contributed by atoms with van der Waals surface area (Å²) in [7, 11) is 0. The van der Waals surface area contributed by atoms with E-state index < -0.39 is 10.8 Å². The molecule has 4 aliphatic rings. The van der Waals surface area contributed by atoms with Crippen LogP contribution in [0.25, 0.3) is 156 Å². The zero-order valence-electron chi connectivity index (χ0n) is 52.8. The lowest BCUT2D eigenvalue weighted by Crippen LogP contribution is -2.44. The SMILES string of the molecule is C=c1c2n(c3ccccc13)-c1ccccc1C1(C=2/C=C\C)c2ccccc2-c2cc(-c3nc(-c4ccccc4)c4ccc(-c5ccc6c(c5)C5(c7ccccc7-c7ccccc75)c5cc(-c7ccc(-c8cccc9ccccc89)nn7)cc7c8ccccc8n-6c57)cc4n3)ccc21. The van der Waals surface area contributed by atoms with Gasteiger partial charge in [0.1, 0.15) is 0 Å². The molecular weight excluding hydrogens is 1180 g/mol. The van der Waals surface area contributed by atoms with E-state index in [9.17, 15) is 0 Å². The topological polar surface area (TPSA) is 61.4 Å². The van der Waals surface area contributed by atoms with Gasteiger partial charge in [-0.25, -0.2) is 9.97 Å². The maximum absolute atomic E-state index is 5.67. The van der Waals surface area contributed by atoms with Crippen LogP contribution in [0.15, 0.2) is 309 Å². The first-order valence-corrected chi connectivity index (χ1v) is 33.4. The van der Waals surface area contributed by atoms with Gasteiger partial charge >= 0.3 is 0 Å². The average Bonchev–Trinajstić information content (AvgIpc) is 1.53. The fraction of sp³-hybridized carbons (Fsp3) is 0.0330. The summed E-state index contributed by atoms with van der Waals surface area (Å²) in [5, 5.41) is 19.1. The first-order valence-electron chi connectivity index (χ1n) is 33.4. The van der Waals surface area contributed by atoms with Crippen molar-refractivity contribution in [2.75, 3.05) is 0 Å². The number of benzene rings is 13. The minimum atomic E-state index is -0.732. The number of fused-ring (bicyclic) bond motifs is 25. The van der Waals surface area contributed by atoms with Crippen LogP contribution in [0.5, 0.6) is 0 Å². The van der Waals surface area contributed by atoms with E-state index >= 15 is 0 Å². The van der Waals surface area contributed by atoms with Crippen LogP contribution in [0.3, 0.4) is 0 Å². The Bertz CT molecular complexity index is 6430. The Morgan fingerprint density at radius 2 is 0.928 bits per heavy atom. The van der Waals surface area contributed by atoms with E-state index in [0.717, 1.165) is 105 Å². The van der Waals surface area contributed by atoms with Crippen LogP contribution >= 0.6 is 0 Å². The van der Waals surface area contributed by atoms with Crippen LogP contribution in [-0.4, -0.2) is 29.3 Å². The van der Waals surface area contributed by atoms with Gasteiger partial charge in [0.2, 0.25) is 0 Å². The summed E-state index contributed by atoms with van der Waals surface area (Å²) in [5.74, 6) is 0.666. The maximum atomic E-state index is 5.67. The third-order valence-corrected chi connectivity index (χ3v) is 21.7. The molecule has 450 valence electrons. The van der Waals surface area contributed by atoms with Gasteiger partial charge < -0.3 is 9.13 Å². The lowest BCUT2D eigenvalue weighted by Gasteiger charge is -2.40. The van der Waals surface area contributed by atoms with E-state index in [0.29, 0.717) is 5.82 Å². The van der Waals surface area contributed by atoms with Crippen molar-refractivity contribution in [1.29, 1.82) is 0 Å². The fourth-order valence-electron chi connectivity index (χ4n) is 17.8. The van der Waals surface area contributed by atoms with Gasteiger partial charge in [-0.2, -0.15) is 0 Å². The van der Waals surface area contributed by atoms with E-state index in [4.69, 9.17) is 26.7 Å². The van der Waals surface area contributed by atoms with Crippen molar-refractivity contribution in [3.8, 4) is 89.9 Å². The van der Waals surface area contributed by atoms with Crippen molar-refractivity contribution in [2.24, 2.45) is 0 Å². The lowest BCUT2D eigenvalue weighted by molar-refractivity contribution is 0.749. The van der Waals surface area contributed by atoms with Gasteiger partial charge in [-0.1, -0.05) is 243 Å². The van der Waals surface area contributed by atoms with Crippen LogP contribution in [0.1, 0.15) is 45.9 Å². The molecule has 97 heavy (non-hydrogen) atoms. The van der Waals surface area contributed by atoms with Gasteiger partial charge in [0.15, 0.2) is 5.82 Å². The molecule has 21 rings (SSSR count). The van der Waals surface area contributed by atoms with Crippen molar-refractivity contribution >= 4 is 66.5 Å². The van der Waals surface area contributed by atoms with Gasteiger partial charge in [-0.15, -0.1) is 10.2 Å². The zero-order chi connectivity index (χ0) is 63.8. The molecule has 6 nitrogen and oxygen atoms in total. The number of para-hydroxylation sites is 3. The second-order valence-corrected chi connectivity index (χ2v) is 26.3.